The summed E-state index contributed by atoms with van der Waals surface area (Å²) in [5, 5.41) is 9.97. The van der Waals surface area contributed by atoms with E-state index in [4.69, 9.17) is 10.8 Å². The Hall–Kier alpha value is -0.510. The maximum absolute atomic E-state index is 9.00. The van der Waals surface area contributed by atoms with Gasteiger partial charge in [0.15, 0.2) is 0 Å². The molecule has 1 aliphatic carbocycles. The first-order valence-electron chi connectivity index (χ1n) is 6.82. The zero-order valence-corrected chi connectivity index (χ0v) is 11.8. The van der Waals surface area contributed by atoms with Crippen LogP contribution in [0.15, 0.2) is 24.3 Å². The molecule has 1 aliphatic rings. The monoisotopic (exact) mass is 265 g/mol. The first-order chi connectivity index (χ1) is 8.72. The van der Waals surface area contributed by atoms with Gasteiger partial charge in [0.2, 0.25) is 0 Å². The SMILES string of the molecule is CC(CCO)SC1CCCc2ccccc2C1N. The lowest BCUT2D eigenvalue weighted by Crippen LogP contribution is -2.25. The van der Waals surface area contributed by atoms with Crippen molar-refractivity contribution in [1.82, 2.24) is 0 Å². The first kappa shape index (κ1) is 13.9. The fourth-order valence-corrected chi connectivity index (χ4v) is 4.12. The summed E-state index contributed by atoms with van der Waals surface area (Å²) in [6.45, 7) is 2.46. The number of rotatable bonds is 4. The Morgan fingerprint density at radius 2 is 2.22 bits per heavy atom. The van der Waals surface area contributed by atoms with Crippen molar-refractivity contribution >= 4 is 11.8 Å². The molecule has 2 nitrogen and oxygen atoms in total. The molecule has 3 heteroatoms. The smallest absolute Gasteiger partial charge is 0.0441 e. The molecule has 1 aromatic carbocycles. The minimum atomic E-state index is 0.134. The van der Waals surface area contributed by atoms with Crippen LogP contribution in [-0.2, 0) is 6.42 Å². The van der Waals surface area contributed by atoms with E-state index in [2.05, 4.69) is 31.2 Å². The highest BCUT2D eigenvalue weighted by molar-refractivity contribution is 8.00. The second-order valence-electron chi connectivity index (χ2n) is 5.11. The molecule has 0 amide bonds. The Kier molecular flexibility index (Phi) is 5.10. The Morgan fingerprint density at radius 1 is 1.44 bits per heavy atom. The van der Waals surface area contributed by atoms with Gasteiger partial charge < -0.3 is 10.8 Å². The number of aliphatic hydroxyl groups is 1. The van der Waals surface area contributed by atoms with Crippen LogP contribution in [-0.4, -0.2) is 22.2 Å². The molecule has 0 saturated heterocycles. The van der Waals surface area contributed by atoms with Crippen LogP contribution in [0.2, 0.25) is 0 Å². The van der Waals surface area contributed by atoms with Crippen molar-refractivity contribution in [1.29, 1.82) is 0 Å². The number of fused-ring (bicyclic) bond motifs is 1. The van der Waals surface area contributed by atoms with E-state index in [9.17, 15) is 0 Å². The molecule has 0 aromatic heterocycles. The second kappa shape index (κ2) is 6.60. The molecular formula is C15H23NOS. The third kappa shape index (κ3) is 3.28. The molecule has 2 rings (SSSR count). The highest BCUT2D eigenvalue weighted by atomic mass is 32.2. The van der Waals surface area contributed by atoms with Crippen molar-refractivity contribution in [2.75, 3.05) is 6.61 Å². The van der Waals surface area contributed by atoms with Crippen LogP contribution < -0.4 is 5.73 Å². The van der Waals surface area contributed by atoms with Gasteiger partial charge >= 0.3 is 0 Å². The maximum atomic E-state index is 9.00. The third-order valence-electron chi connectivity index (χ3n) is 3.69. The highest BCUT2D eigenvalue weighted by Crippen LogP contribution is 2.36. The summed E-state index contributed by atoms with van der Waals surface area (Å²) in [6.07, 6.45) is 4.40. The Labute approximate surface area is 114 Å². The summed E-state index contributed by atoms with van der Waals surface area (Å²) >= 11 is 1.95. The number of aliphatic hydroxyl groups excluding tert-OH is 1. The van der Waals surface area contributed by atoms with E-state index in [0.717, 1.165) is 12.8 Å². The van der Waals surface area contributed by atoms with E-state index in [1.807, 2.05) is 11.8 Å². The van der Waals surface area contributed by atoms with Gasteiger partial charge in [0.25, 0.3) is 0 Å². The van der Waals surface area contributed by atoms with Crippen LogP contribution in [0.1, 0.15) is 43.4 Å². The molecule has 0 aliphatic heterocycles. The summed E-state index contributed by atoms with van der Waals surface area (Å²) in [4.78, 5) is 0. The number of benzene rings is 1. The standard InChI is InChI=1S/C15H23NOS/c1-11(9-10-17)18-14-8-4-6-12-5-2-3-7-13(12)15(14)16/h2-3,5,7,11,14-15,17H,4,6,8-10,16H2,1H3. The molecule has 0 bridgehead atoms. The normalized spacial score (nSPS) is 25.3. The average molecular weight is 265 g/mol. The molecule has 3 N–H and O–H groups in total. The van der Waals surface area contributed by atoms with Crippen molar-refractivity contribution in [2.45, 2.75) is 49.1 Å². The van der Waals surface area contributed by atoms with E-state index in [1.54, 1.807) is 0 Å². The summed E-state index contributed by atoms with van der Waals surface area (Å²) in [6, 6.07) is 8.71. The maximum Gasteiger partial charge on any atom is 0.0441 e. The number of hydrogen-bond acceptors (Lipinski definition) is 3. The van der Waals surface area contributed by atoms with Crippen LogP contribution in [0.5, 0.6) is 0 Å². The average Bonchev–Trinajstić information content (AvgIpc) is 2.51. The molecule has 3 unspecified atom stereocenters. The van der Waals surface area contributed by atoms with E-state index >= 15 is 0 Å². The predicted octanol–water partition coefficient (Wildman–Crippen LogP) is 2.90. The van der Waals surface area contributed by atoms with Gasteiger partial charge in [0, 0.05) is 23.1 Å². The largest absolute Gasteiger partial charge is 0.396 e. The Bertz CT molecular complexity index is 383. The van der Waals surface area contributed by atoms with E-state index in [-0.39, 0.29) is 12.6 Å². The molecule has 100 valence electrons. The van der Waals surface area contributed by atoms with Gasteiger partial charge in [-0.05, 0) is 36.8 Å². The lowest BCUT2D eigenvalue weighted by molar-refractivity contribution is 0.288. The van der Waals surface area contributed by atoms with Gasteiger partial charge in [-0.2, -0.15) is 11.8 Å². The minimum Gasteiger partial charge on any atom is -0.396 e. The topological polar surface area (TPSA) is 46.2 Å². The van der Waals surface area contributed by atoms with Gasteiger partial charge in [0.05, 0.1) is 0 Å². The molecule has 0 fully saturated rings. The molecule has 0 heterocycles. The number of thioether (sulfide) groups is 1. The van der Waals surface area contributed by atoms with Crippen molar-refractivity contribution < 1.29 is 5.11 Å². The molecule has 1 aromatic rings. The summed E-state index contributed by atoms with van der Waals surface area (Å²) in [5.41, 5.74) is 9.19. The molecule has 18 heavy (non-hydrogen) atoms. The van der Waals surface area contributed by atoms with Crippen LogP contribution in [0.25, 0.3) is 0 Å². The van der Waals surface area contributed by atoms with Crippen molar-refractivity contribution in [3.63, 3.8) is 0 Å². The quantitative estimate of drug-likeness (QED) is 0.823. The third-order valence-corrected chi connectivity index (χ3v) is 5.27. The predicted molar refractivity (Wildman–Crippen MR) is 78.9 cm³/mol. The summed E-state index contributed by atoms with van der Waals surface area (Å²) in [7, 11) is 0. The van der Waals surface area contributed by atoms with Gasteiger partial charge in [-0.15, -0.1) is 0 Å². The summed E-state index contributed by atoms with van der Waals surface area (Å²) < 4.78 is 0. The van der Waals surface area contributed by atoms with Crippen LogP contribution in [0.3, 0.4) is 0 Å². The van der Waals surface area contributed by atoms with Gasteiger partial charge in [-0.25, -0.2) is 0 Å². The van der Waals surface area contributed by atoms with Gasteiger partial charge in [-0.1, -0.05) is 31.2 Å². The molecule has 0 spiro atoms. The van der Waals surface area contributed by atoms with Crippen molar-refractivity contribution in [3.8, 4) is 0 Å². The van der Waals surface area contributed by atoms with Gasteiger partial charge in [-0.3, -0.25) is 0 Å². The van der Waals surface area contributed by atoms with Crippen LogP contribution in [0.4, 0.5) is 0 Å². The fraction of sp³-hybridized carbons (Fsp3) is 0.600. The van der Waals surface area contributed by atoms with E-state index in [1.165, 1.54) is 24.0 Å². The lowest BCUT2D eigenvalue weighted by atomic mass is 10.00. The van der Waals surface area contributed by atoms with Crippen LogP contribution >= 0.6 is 11.8 Å². The molecule has 0 radical (unpaired) electrons. The number of hydrogen-bond donors (Lipinski definition) is 2. The molecule has 3 atom stereocenters. The number of aryl methyl sites for hydroxylation is 1. The Balaban J connectivity index is 2.10. The molecule has 0 saturated carbocycles. The zero-order valence-electron chi connectivity index (χ0n) is 11.0. The van der Waals surface area contributed by atoms with Crippen LogP contribution in [0, 0.1) is 0 Å². The summed E-state index contributed by atoms with van der Waals surface area (Å²) in [5.74, 6) is 0. The van der Waals surface area contributed by atoms with Crippen molar-refractivity contribution in [3.05, 3.63) is 35.4 Å². The lowest BCUT2D eigenvalue weighted by Gasteiger charge is -2.25. The van der Waals surface area contributed by atoms with E-state index in [0.29, 0.717) is 10.5 Å². The zero-order chi connectivity index (χ0) is 13.0. The second-order valence-corrected chi connectivity index (χ2v) is 6.80. The van der Waals surface area contributed by atoms with Gasteiger partial charge in [0.1, 0.15) is 0 Å². The first-order valence-corrected chi connectivity index (χ1v) is 7.76. The minimum absolute atomic E-state index is 0.134. The fourth-order valence-electron chi connectivity index (χ4n) is 2.66. The molecular weight excluding hydrogens is 242 g/mol. The van der Waals surface area contributed by atoms with E-state index < -0.39 is 0 Å². The number of nitrogens with two attached hydrogens (primary N) is 1. The van der Waals surface area contributed by atoms with Crippen molar-refractivity contribution in [2.24, 2.45) is 5.73 Å². The Morgan fingerprint density at radius 3 is 3.00 bits per heavy atom. The highest BCUT2D eigenvalue weighted by Gasteiger charge is 2.26.